The van der Waals surface area contributed by atoms with Gasteiger partial charge >= 0.3 is 6.03 Å². The van der Waals surface area contributed by atoms with Gasteiger partial charge in [-0.05, 0) is 76.2 Å². The fourth-order valence-corrected chi connectivity index (χ4v) is 4.78. The Labute approximate surface area is 212 Å². The molecular weight excluding hydrogens is 458 g/mol. The number of hydrogen-bond donors (Lipinski definition) is 2. The Balaban J connectivity index is 1.67. The van der Waals surface area contributed by atoms with Gasteiger partial charge in [0, 0.05) is 29.8 Å². The lowest BCUT2D eigenvalue weighted by molar-refractivity contribution is -0.121. The van der Waals surface area contributed by atoms with Crippen molar-refractivity contribution in [3.05, 3.63) is 53.1 Å². The van der Waals surface area contributed by atoms with Crippen LogP contribution in [0.4, 0.5) is 10.5 Å². The predicted molar refractivity (Wildman–Crippen MR) is 140 cm³/mol. The molecule has 9 heteroatoms. The molecule has 1 fully saturated rings. The lowest BCUT2D eigenvalue weighted by Crippen LogP contribution is -2.41. The van der Waals surface area contributed by atoms with E-state index in [1.54, 1.807) is 21.3 Å². The van der Waals surface area contributed by atoms with Crippen LogP contribution in [0, 0.1) is 5.92 Å². The first kappa shape index (κ1) is 25.5. The molecule has 36 heavy (non-hydrogen) atoms. The van der Waals surface area contributed by atoms with Crippen molar-refractivity contribution in [2.75, 3.05) is 46.7 Å². The SMILES string of the molecule is CNC(=O)N1N=C(c2ccc(NC(=O)C3CCN(C)CC3)cc2)c2cc(OC)c(OC)cc2C[C@@H]1C. The number of ether oxygens (including phenoxy) is 2. The maximum atomic E-state index is 12.8. The first-order chi connectivity index (χ1) is 17.3. The van der Waals surface area contributed by atoms with Crippen LogP contribution in [0.15, 0.2) is 41.5 Å². The molecule has 2 aromatic rings. The molecule has 0 aromatic heterocycles. The summed E-state index contributed by atoms with van der Waals surface area (Å²) in [5, 5.41) is 12.0. The highest BCUT2D eigenvalue weighted by Gasteiger charge is 2.28. The molecule has 2 heterocycles. The third-order valence-electron chi connectivity index (χ3n) is 6.94. The number of carbonyl (C=O) groups is 2. The lowest BCUT2D eigenvalue weighted by Gasteiger charge is -2.28. The van der Waals surface area contributed by atoms with Crippen molar-refractivity contribution >= 4 is 23.3 Å². The summed E-state index contributed by atoms with van der Waals surface area (Å²) in [6.45, 7) is 3.83. The molecule has 3 amide bonds. The number of nitrogens with zero attached hydrogens (tertiary/aromatic N) is 3. The van der Waals surface area contributed by atoms with E-state index in [4.69, 9.17) is 14.6 Å². The zero-order chi connectivity index (χ0) is 25.8. The van der Waals surface area contributed by atoms with Crippen molar-refractivity contribution < 1.29 is 19.1 Å². The fraction of sp³-hybridized carbons (Fsp3) is 0.444. The van der Waals surface area contributed by atoms with Gasteiger partial charge in [0.25, 0.3) is 0 Å². The highest BCUT2D eigenvalue weighted by molar-refractivity contribution is 6.14. The molecular formula is C27H35N5O4. The second-order valence-corrected chi connectivity index (χ2v) is 9.41. The van der Waals surface area contributed by atoms with E-state index in [0.717, 1.165) is 48.3 Å². The van der Waals surface area contributed by atoms with E-state index in [1.807, 2.05) is 43.3 Å². The zero-order valence-electron chi connectivity index (χ0n) is 21.6. The Morgan fingerprint density at radius 2 is 1.67 bits per heavy atom. The van der Waals surface area contributed by atoms with Gasteiger partial charge in [-0.2, -0.15) is 5.10 Å². The third kappa shape index (κ3) is 5.31. The number of hydrazone groups is 1. The number of likely N-dealkylation sites (tertiary alicyclic amines) is 1. The fourth-order valence-electron chi connectivity index (χ4n) is 4.78. The number of fused-ring (bicyclic) bond motifs is 1. The van der Waals surface area contributed by atoms with E-state index in [9.17, 15) is 9.59 Å². The van der Waals surface area contributed by atoms with Gasteiger partial charge in [0.15, 0.2) is 11.5 Å². The molecule has 9 nitrogen and oxygen atoms in total. The Kier molecular flexibility index (Phi) is 7.79. The summed E-state index contributed by atoms with van der Waals surface area (Å²) in [6.07, 6.45) is 2.33. The zero-order valence-corrected chi connectivity index (χ0v) is 21.6. The molecule has 0 radical (unpaired) electrons. The van der Waals surface area contributed by atoms with Crippen LogP contribution in [-0.4, -0.2) is 75.0 Å². The van der Waals surface area contributed by atoms with Crippen LogP contribution in [-0.2, 0) is 11.2 Å². The van der Waals surface area contributed by atoms with Crippen LogP contribution in [0.3, 0.4) is 0 Å². The molecule has 0 saturated carbocycles. The normalized spacial score (nSPS) is 18.5. The quantitative estimate of drug-likeness (QED) is 0.666. The van der Waals surface area contributed by atoms with Crippen LogP contribution in [0.25, 0.3) is 0 Å². The average Bonchev–Trinajstić information content (AvgIpc) is 3.03. The molecule has 2 aromatic carbocycles. The summed E-state index contributed by atoms with van der Waals surface area (Å²) >= 11 is 0. The van der Waals surface area contributed by atoms with Crippen molar-refractivity contribution in [3.63, 3.8) is 0 Å². The van der Waals surface area contributed by atoms with Gasteiger partial charge in [0.1, 0.15) is 0 Å². The maximum Gasteiger partial charge on any atom is 0.337 e. The van der Waals surface area contributed by atoms with Gasteiger partial charge in [-0.25, -0.2) is 9.80 Å². The summed E-state index contributed by atoms with van der Waals surface area (Å²) in [4.78, 5) is 27.7. The molecule has 0 unspecified atom stereocenters. The van der Waals surface area contributed by atoms with E-state index in [1.165, 1.54) is 5.01 Å². The molecule has 192 valence electrons. The molecule has 2 aliphatic heterocycles. The van der Waals surface area contributed by atoms with Gasteiger partial charge in [0.05, 0.1) is 26.0 Å². The highest BCUT2D eigenvalue weighted by atomic mass is 16.5. The van der Waals surface area contributed by atoms with Crippen LogP contribution in [0.5, 0.6) is 11.5 Å². The molecule has 0 aliphatic carbocycles. The summed E-state index contributed by atoms with van der Waals surface area (Å²) in [5.41, 5.74) is 4.08. The molecule has 0 spiro atoms. The minimum absolute atomic E-state index is 0.0315. The molecule has 0 bridgehead atoms. The summed E-state index contributed by atoms with van der Waals surface area (Å²) in [5.74, 6) is 1.31. The molecule has 1 atom stereocenters. The second kappa shape index (κ2) is 11.0. The number of methoxy groups -OCH3 is 2. The number of rotatable bonds is 5. The summed E-state index contributed by atoms with van der Waals surface area (Å²) < 4.78 is 11.1. The number of amides is 3. The second-order valence-electron chi connectivity index (χ2n) is 9.41. The van der Waals surface area contributed by atoms with Crippen molar-refractivity contribution in [2.24, 2.45) is 11.0 Å². The third-order valence-corrected chi connectivity index (χ3v) is 6.94. The number of benzene rings is 2. The van der Waals surface area contributed by atoms with Crippen molar-refractivity contribution in [3.8, 4) is 11.5 Å². The minimum Gasteiger partial charge on any atom is -0.493 e. The smallest absolute Gasteiger partial charge is 0.337 e. The van der Waals surface area contributed by atoms with Gasteiger partial charge in [-0.15, -0.1) is 0 Å². The number of piperidine rings is 1. The molecule has 2 aliphatic rings. The van der Waals surface area contributed by atoms with Gasteiger partial charge in [0.2, 0.25) is 5.91 Å². The summed E-state index contributed by atoms with van der Waals surface area (Å²) in [6, 6.07) is 11.0. The summed E-state index contributed by atoms with van der Waals surface area (Å²) in [7, 11) is 6.88. The Bertz CT molecular complexity index is 1140. The number of anilines is 1. The van der Waals surface area contributed by atoms with Crippen LogP contribution in [0.1, 0.15) is 36.5 Å². The topological polar surface area (TPSA) is 95.5 Å². The molecule has 1 saturated heterocycles. The van der Waals surface area contributed by atoms with Gasteiger partial charge in [-0.1, -0.05) is 12.1 Å². The average molecular weight is 494 g/mol. The lowest BCUT2D eigenvalue weighted by atomic mass is 9.93. The van der Waals surface area contributed by atoms with Crippen molar-refractivity contribution in [2.45, 2.75) is 32.2 Å². The first-order valence-corrected chi connectivity index (χ1v) is 12.3. The number of urea groups is 1. The Hall–Kier alpha value is -3.59. The van der Waals surface area contributed by atoms with Crippen LogP contribution < -0.4 is 20.1 Å². The van der Waals surface area contributed by atoms with E-state index in [2.05, 4.69) is 22.6 Å². The van der Waals surface area contributed by atoms with Crippen LogP contribution >= 0.6 is 0 Å². The van der Waals surface area contributed by atoms with Crippen LogP contribution in [0.2, 0.25) is 0 Å². The number of nitrogens with one attached hydrogen (secondary N) is 2. The number of hydrogen-bond acceptors (Lipinski definition) is 6. The Morgan fingerprint density at radius 1 is 1.03 bits per heavy atom. The highest BCUT2D eigenvalue weighted by Crippen LogP contribution is 2.34. The minimum atomic E-state index is -0.284. The first-order valence-electron chi connectivity index (χ1n) is 12.3. The molecule has 2 N–H and O–H groups in total. The predicted octanol–water partition coefficient (Wildman–Crippen LogP) is 3.32. The van der Waals surface area contributed by atoms with Gasteiger partial charge < -0.3 is 25.0 Å². The molecule has 4 rings (SSSR count). The largest absolute Gasteiger partial charge is 0.493 e. The van der Waals surface area contributed by atoms with Crippen molar-refractivity contribution in [1.82, 2.24) is 15.2 Å². The standard InChI is InChI=1S/C27H35N5O4/c1-17-14-20-15-23(35-4)24(36-5)16-22(20)25(30-32(17)27(34)28-2)18-6-8-21(9-7-18)29-26(33)19-10-12-31(3)13-11-19/h6-9,15-17,19H,10-14H2,1-5H3,(H,28,34)(H,29,33)/t17-/m0/s1. The monoisotopic (exact) mass is 493 g/mol. The van der Waals surface area contributed by atoms with E-state index in [0.29, 0.717) is 23.6 Å². The van der Waals surface area contributed by atoms with E-state index < -0.39 is 0 Å². The Morgan fingerprint density at radius 3 is 2.28 bits per heavy atom. The maximum absolute atomic E-state index is 12.8. The van der Waals surface area contributed by atoms with E-state index in [-0.39, 0.29) is 23.9 Å². The van der Waals surface area contributed by atoms with Crippen molar-refractivity contribution in [1.29, 1.82) is 0 Å². The van der Waals surface area contributed by atoms with Gasteiger partial charge in [-0.3, -0.25) is 4.79 Å². The number of carbonyl (C=O) groups excluding carboxylic acids is 2. The van der Waals surface area contributed by atoms with E-state index >= 15 is 0 Å².